The molecule has 188 valence electrons. The zero-order valence-electron chi connectivity index (χ0n) is 20.6. The van der Waals surface area contributed by atoms with Gasteiger partial charge in [-0.05, 0) is 65.5 Å². The normalized spacial score (nSPS) is 25.5. The van der Waals surface area contributed by atoms with Crippen LogP contribution in [0.15, 0.2) is 6.07 Å². The standard InChI is InChI=1S/C25H37N3O5S/c1-4-32-20(29)7-6-18-14-19(21(26)34-18)22(30)27-12-8-17(9-13-27)28-11-5-10-25(16-28)15-24(2,3)33-23(25)31/h14,17H,4-13,15-16,26H2,1-3H3. The highest BCUT2D eigenvalue weighted by molar-refractivity contribution is 7.16. The molecular formula is C25H37N3O5S. The molecule has 2 N–H and O–H groups in total. The number of nitrogens with two attached hydrogens (primary N) is 1. The molecule has 0 aliphatic carbocycles. The molecule has 1 aromatic rings. The molecule has 3 saturated heterocycles. The van der Waals surface area contributed by atoms with E-state index >= 15 is 0 Å². The number of aryl methyl sites for hydroxylation is 1. The predicted octanol–water partition coefficient (Wildman–Crippen LogP) is 3.24. The number of nitrogen functional groups attached to an aromatic ring is 1. The Balaban J connectivity index is 1.32. The lowest BCUT2D eigenvalue weighted by Gasteiger charge is -2.44. The summed E-state index contributed by atoms with van der Waals surface area (Å²) in [6.07, 6.45) is 5.28. The molecule has 4 heterocycles. The van der Waals surface area contributed by atoms with Gasteiger partial charge in [0.25, 0.3) is 5.91 Å². The van der Waals surface area contributed by atoms with Crippen molar-refractivity contribution in [1.29, 1.82) is 0 Å². The quantitative estimate of drug-likeness (QED) is 0.610. The molecule has 3 aliphatic heterocycles. The molecular weight excluding hydrogens is 454 g/mol. The summed E-state index contributed by atoms with van der Waals surface area (Å²) in [5.74, 6) is -0.314. The Hall–Kier alpha value is -2.13. The number of hydrogen-bond donors (Lipinski definition) is 1. The number of hydrogen-bond acceptors (Lipinski definition) is 8. The number of anilines is 1. The second-order valence-corrected chi connectivity index (χ2v) is 11.7. The molecule has 34 heavy (non-hydrogen) atoms. The van der Waals surface area contributed by atoms with Crippen LogP contribution < -0.4 is 5.73 Å². The van der Waals surface area contributed by atoms with E-state index in [1.807, 2.05) is 24.8 Å². The first kappa shape index (κ1) is 25.0. The van der Waals surface area contributed by atoms with Crippen molar-refractivity contribution >= 4 is 34.2 Å². The summed E-state index contributed by atoms with van der Waals surface area (Å²) < 4.78 is 10.7. The third-order valence-electron chi connectivity index (χ3n) is 7.36. The number of thiophene rings is 1. The first-order valence-corrected chi connectivity index (χ1v) is 13.2. The lowest BCUT2D eigenvalue weighted by Crippen LogP contribution is -2.53. The van der Waals surface area contributed by atoms with Gasteiger partial charge in [0.15, 0.2) is 0 Å². The molecule has 8 nitrogen and oxygen atoms in total. The maximum Gasteiger partial charge on any atom is 0.314 e. The second-order valence-electron chi connectivity index (χ2n) is 10.5. The Kier molecular flexibility index (Phi) is 7.24. The van der Waals surface area contributed by atoms with Gasteiger partial charge in [0.2, 0.25) is 0 Å². The molecule has 1 atom stereocenters. The van der Waals surface area contributed by atoms with Gasteiger partial charge in [0.05, 0.1) is 29.0 Å². The molecule has 1 spiro atoms. The summed E-state index contributed by atoms with van der Waals surface area (Å²) in [5, 5.41) is 0.506. The lowest BCUT2D eigenvalue weighted by molar-refractivity contribution is -0.154. The molecule has 0 aromatic carbocycles. The van der Waals surface area contributed by atoms with Gasteiger partial charge in [0, 0.05) is 37.0 Å². The summed E-state index contributed by atoms with van der Waals surface area (Å²) in [6, 6.07) is 2.20. The van der Waals surface area contributed by atoms with Crippen molar-refractivity contribution in [3.8, 4) is 0 Å². The minimum atomic E-state index is -0.383. The van der Waals surface area contributed by atoms with Gasteiger partial charge < -0.3 is 20.1 Å². The fraction of sp³-hybridized carbons (Fsp3) is 0.720. The lowest BCUT2D eigenvalue weighted by atomic mass is 9.74. The largest absolute Gasteiger partial charge is 0.466 e. The minimum absolute atomic E-state index is 0.0363. The van der Waals surface area contributed by atoms with Crippen LogP contribution in [-0.4, -0.2) is 72.1 Å². The van der Waals surface area contributed by atoms with Crippen LogP contribution in [0.25, 0.3) is 0 Å². The van der Waals surface area contributed by atoms with E-state index < -0.39 is 0 Å². The first-order valence-electron chi connectivity index (χ1n) is 12.4. The average Bonchev–Trinajstić information content (AvgIpc) is 3.27. The summed E-state index contributed by atoms with van der Waals surface area (Å²) in [5.41, 5.74) is 5.94. The maximum atomic E-state index is 13.2. The number of nitrogens with zero attached hydrogens (tertiary/aromatic N) is 2. The van der Waals surface area contributed by atoms with Crippen LogP contribution in [0.1, 0.15) is 74.5 Å². The molecule has 3 fully saturated rings. The van der Waals surface area contributed by atoms with Crippen molar-refractivity contribution in [3.05, 3.63) is 16.5 Å². The molecule has 0 radical (unpaired) electrons. The molecule has 1 unspecified atom stereocenters. The van der Waals surface area contributed by atoms with Crippen LogP contribution >= 0.6 is 11.3 Å². The van der Waals surface area contributed by atoms with E-state index in [-0.39, 0.29) is 35.3 Å². The highest BCUT2D eigenvalue weighted by Crippen LogP contribution is 2.46. The van der Waals surface area contributed by atoms with E-state index in [0.717, 1.165) is 50.1 Å². The smallest absolute Gasteiger partial charge is 0.314 e. The third-order valence-corrected chi connectivity index (χ3v) is 8.39. The Morgan fingerprint density at radius 3 is 2.65 bits per heavy atom. The molecule has 3 aliphatic rings. The van der Waals surface area contributed by atoms with Crippen molar-refractivity contribution in [3.63, 3.8) is 0 Å². The number of rotatable bonds is 6. The molecule has 4 rings (SSSR count). The molecule has 0 saturated carbocycles. The van der Waals surface area contributed by atoms with E-state index in [1.54, 1.807) is 6.92 Å². The zero-order chi connectivity index (χ0) is 24.5. The van der Waals surface area contributed by atoms with Crippen molar-refractivity contribution in [1.82, 2.24) is 9.80 Å². The van der Waals surface area contributed by atoms with Crippen LogP contribution in [0.2, 0.25) is 0 Å². The fourth-order valence-electron chi connectivity index (χ4n) is 5.88. The summed E-state index contributed by atoms with van der Waals surface area (Å²) in [4.78, 5) is 42.8. The van der Waals surface area contributed by atoms with Crippen molar-refractivity contribution in [2.75, 3.05) is 38.5 Å². The van der Waals surface area contributed by atoms with Crippen LogP contribution in [0.4, 0.5) is 5.00 Å². The molecule has 1 aromatic heterocycles. The number of carbonyl (C=O) groups excluding carboxylic acids is 3. The first-order chi connectivity index (χ1) is 16.1. The molecule has 0 bridgehead atoms. The van der Waals surface area contributed by atoms with E-state index in [2.05, 4.69) is 4.90 Å². The highest BCUT2D eigenvalue weighted by atomic mass is 32.1. The van der Waals surface area contributed by atoms with Crippen LogP contribution in [-0.2, 0) is 25.5 Å². The number of amides is 1. The number of likely N-dealkylation sites (tertiary alicyclic amines) is 2. The number of cyclic esters (lactones) is 1. The Labute approximate surface area is 205 Å². The Morgan fingerprint density at radius 2 is 2.00 bits per heavy atom. The zero-order valence-corrected chi connectivity index (χ0v) is 21.4. The third kappa shape index (κ3) is 5.25. The molecule has 9 heteroatoms. The van der Waals surface area contributed by atoms with Gasteiger partial charge in [-0.1, -0.05) is 0 Å². The highest BCUT2D eigenvalue weighted by Gasteiger charge is 2.54. The number of ether oxygens (including phenoxy) is 2. The van der Waals surface area contributed by atoms with Crippen LogP contribution in [0.5, 0.6) is 0 Å². The predicted molar refractivity (Wildman–Crippen MR) is 131 cm³/mol. The molecule has 1 amide bonds. The van der Waals surface area contributed by atoms with E-state index in [0.29, 0.717) is 42.7 Å². The summed E-state index contributed by atoms with van der Waals surface area (Å²) >= 11 is 1.37. The number of esters is 2. The van der Waals surface area contributed by atoms with E-state index in [1.165, 1.54) is 11.3 Å². The van der Waals surface area contributed by atoms with Gasteiger partial charge in [-0.25, -0.2) is 0 Å². The average molecular weight is 492 g/mol. The van der Waals surface area contributed by atoms with Crippen LogP contribution in [0, 0.1) is 5.41 Å². The number of piperidine rings is 2. The van der Waals surface area contributed by atoms with Crippen molar-refractivity contribution in [2.45, 2.75) is 77.4 Å². The van der Waals surface area contributed by atoms with Gasteiger partial charge in [-0.2, -0.15) is 0 Å². The van der Waals surface area contributed by atoms with Gasteiger partial charge in [-0.3, -0.25) is 19.3 Å². The minimum Gasteiger partial charge on any atom is -0.466 e. The van der Waals surface area contributed by atoms with Gasteiger partial charge in [-0.15, -0.1) is 11.3 Å². The van der Waals surface area contributed by atoms with Crippen molar-refractivity contribution < 1.29 is 23.9 Å². The number of carbonyl (C=O) groups is 3. The Bertz CT molecular complexity index is 937. The summed E-state index contributed by atoms with van der Waals surface area (Å²) in [6.45, 7) is 9.26. The topological polar surface area (TPSA) is 102 Å². The monoisotopic (exact) mass is 491 g/mol. The Morgan fingerprint density at radius 1 is 1.26 bits per heavy atom. The van der Waals surface area contributed by atoms with Gasteiger partial charge in [0.1, 0.15) is 5.60 Å². The SMILES string of the molecule is CCOC(=O)CCc1cc(C(=O)N2CCC(N3CCCC4(C3)CC(C)(C)OC4=O)CC2)c(N)s1. The van der Waals surface area contributed by atoms with E-state index in [9.17, 15) is 14.4 Å². The fourth-order valence-corrected chi connectivity index (χ4v) is 6.80. The second kappa shape index (κ2) is 9.85. The van der Waals surface area contributed by atoms with Crippen molar-refractivity contribution in [2.24, 2.45) is 5.41 Å². The van der Waals surface area contributed by atoms with E-state index in [4.69, 9.17) is 15.2 Å². The maximum absolute atomic E-state index is 13.2. The van der Waals surface area contributed by atoms with Crippen LogP contribution in [0.3, 0.4) is 0 Å². The summed E-state index contributed by atoms with van der Waals surface area (Å²) in [7, 11) is 0. The van der Waals surface area contributed by atoms with Gasteiger partial charge >= 0.3 is 11.9 Å².